The molecular formula is C15H18N4O4. The van der Waals surface area contributed by atoms with Crippen LogP contribution in [0, 0.1) is 12.3 Å². The summed E-state index contributed by atoms with van der Waals surface area (Å²) in [5.74, 6) is -1.15. The molecule has 2 aromatic heterocycles. The number of H-pyrrole nitrogens is 1. The Kier molecular flexibility index (Phi) is 3.46. The van der Waals surface area contributed by atoms with E-state index in [1.807, 2.05) is 0 Å². The molecule has 3 rings (SSSR count). The number of nitrogens with one attached hydrogen (secondary N) is 1. The maximum absolute atomic E-state index is 12.5. The Balaban J connectivity index is 1.84. The molecule has 1 amide bonds. The van der Waals surface area contributed by atoms with Crippen LogP contribution in [-0.2, 0) is 16.0 Å². The Morgan fingerprint density at radius 2 is 2.22 bits per heavy atom. The van der Waals surface area contributed by atoms with Crippen LogP contribution in [0.15, 0.2) is 17.1 Å². The SMILES string of the molecule is Cc1nc2cc[nH]n2c(=O)c1CC(=O)N1CCC(C)(C(=O)O)C1. The summed E-state index contributed by atoms with van der Waals surface area (Å²) in [5.41, 5.74) is 0.137. The van der Waals surface area contributed by atoms with Gasteiger partial charge >= 0.3 is 5.97 Å². The molecular weight excluding hydrogens is 300 g/mol. The van der Waals surface area contributed by atoms with Gasteiger partial charge in [-0.3, -0.25) is 19.5 Å². The lowest BCUT2D eigenvalue weighted by molar-refractivity contribution is -0.147. The Labute approximate surface area is 131 Å². The number of nitrogens with zero attached hydrogens (tertiary/aromatic N) is 3. The second-order valence-electron chi connectivity index (χ2n) is 6.24. The molecule has 0 aliphatic carbocycles. The van der Waals surface area contributed by atoms with E-state index in [4.69, 9.17) is 0 Å². The Morgan fingerprint density at radius 1 is 1.48 bits per heavy atom. The minimum atomic E-state index is -0.915. The molecule has 0 radical (unpaired) electrons. The number of hydrogen-bond donors (Lipinski definition) is 2. The van der Waals surface area contributed by atoms with Gasteiger partial charge in [-0.15, -0.1) is 0 Å². The molecule has 2 aromatic rings. The standard InChI is InChI=1S/C15H18N4O4/c1-9-10(13(21)19-11(17-9)3-5-16-19)7-12(20)18-6-4-15(2,8-18)14(22)23/h3,5,16H,4,6-8H2,1-2H3,(H,22,23). The molecule has 8 heteroatoms. The number of aliphatic carboxylic acids is 1. The third-order valence-electron chi connectivity index (χ3n) is 4.52. The fourth-order valence-electron chi connectivity index (χ4n) is 2.92. The van der Waals surface area contributed by atoms with Crippen molar-refractivity contribution < 1.29 is 14.7 Å². The van der Waals surface area contributed by atoms with E-state index in [2.05, 4.69) is 10.1 Å². The van der Waals surface area contributed by atoms with Crippen molar-refractivity contribution in [1.82, 2.24) is 19.5 Å². The highest BCUT2D eigenvalue weighted by atomic mass is 16.4. The summed E-state index contributed by atoms with van der Waals surface area (Å²) in [4.78, 5) is 42.0. The van der Waals surface area contributed by atoms with Gasteiger partial charge in [0.25, 0.3) is 5.56 Å². The van der Waals surface area contributed by atoms with Crippen LogP contribution in [0.4, 0.5) is 0 Å². The highest BCUT2D eigenvalue weighted by molar-refractivity contribution is 5.82. The van der Waals surface area contributed by atoms with Gasteiger partial charge in [0.2, 0.25) is 5.91 Å². The molecule has 23 heavy (non-hydrogen) atoms. The molecule has 1 aliphatic rings. The number of likely N-dealkylation sites (tertiary alicyclic amines) is 1. The van der Waals surface area contributed by atoms with E-state index < -0.39 is 11.4 Å². The molecule has 0 saturated carbocycles. The zero-order chi connectivity index (χ0) is 16.8. The molecule has 1 aliphatic heterocycles. The van der Waals surface area contributed by atoms with Crippen molar-refractivity contribution in [3.63, 3.8) is 0 Å². The molecule has 1 fully saturated rings. The number of aromatic amines is 1. The fourth-order valence-corrected chi connectivity index (χ4v) is 2.92. The van der Waals surface area contributed by atoms with Gasteiger partial charge in [-0.2, -0.15) is 0 Å². The topological polar surface area (TPSA) is 108 Å². The number of carbonyl (C=O) groups is 2. The highest BCUT2D eigenvalue weighted by Gasteiger charge is 2.42. The van der Waals surface area contributed by atoms with Crippen molar-refractivity contribution in [2.45, 2.75) is 26.7 Å². The molecule has 8 nitrogen and oxygen atoms in total. The lowest BCUT2D eigenvalue weighted by Gasteiger charge is -2.20. The first kappa shape index (κ1) is 15.3. The van der Waals surface area contributed by atoms with E-state index in [0.717, 1.165) is 0 Å². The predicted octanol–water partition coefficient (Wildman–Crippen LogP) is 0.197. The number of carbonyl (C=O) groups excluding carboxylic acids is 1. The summed E-state index contributed by atoms with van der Waals surface area (Å²) in [5, 5.41) is 12.0. The average molecular weight is 318 g/mol. The Morgan fingerprint density at radius 3 is 2.87 bits per heavy atom. The molecule has 1 atom stereocenters. The van der Waals surface area contributed by atoms with Crippen molar-refractivity contribution in [2.24, 2.45) is 5.41 Å². The first-order chi connectivity index (χ1) is 10.8. The average Bonchev–Trinajstić information content (AvgIpc) is 3.10. The number of aromatic nitrogens is 3. The Bertz CT molecular complexity index is 853. The lowest BCUT2D eigenvalue weighted by Crippen LogP contribution is -2.37. The van der Waals surface area contributed by atoms with Gasteiger partial charge in [-0.25, -0.2) is 9.50 Å². The van der Waals surface area contributed by atoms with Crippen LogP contribution in [0.3, 0.4) is 0 Å². The molecule has 3 heterocycles. The third-order valence-corrected chi connectivity index (χ3v) is 4.52. The number of amides is 1. The minimum Gasteiger partial charge on any atom is -0.481 e. The maximum Gasteiger partial charge on any atom is 0.311 e. The van der Waals surface area contributed by atoms with Crippen LogP contribution in [0.5, 0.6) is 0 Å². The smallest absolute Gasteiger partial charge is 0.311 e. The normalized spacial score (nSPS) is 21.0. The number of aryl methyl sites for hydroxylation is 1. The van der Waals surface area contributed by atoms with E-state index in [1.165, 1.54) is 9.42 Å². The first-order valence-corrected chi connectivity index (χ1v) is 7.38. The molecule has 1 saturated heterocycles. The van der Waals surface area contributed by atoms with E-state index in [0.29, 0.717) is 29.9 Å². The molecule has 0 spiro atoms. The van der Waals surface area contributed by atoms with Gasteiger partial charge in [0.1, 0.15) is 0 Å². The number of hydrogen-bond acceptors (Lipinski definition) is 4. The number of rotatable bonds is 3. The van der Waals surface area contributed by atoms with Gasteiger partial charge in [0.15, 0.2) is 5.65 Å². The first-order valence-electron chi connectivity index (χ1n) is 7.38. The van der Waals surface area contributed by atoms with Gasteiger partial charge in [0.05, 0.1) is 11.8 Å². The lowest BCUT2D eigenvalue weighted by atomic mass is 9.90. The zero-order valence-corrected chi connectivity index (χ0v) is 13.0. The van der Waals surface area contributed by atoms with E-state index in [-0.39, 0.29) is 24.4 Å². The van der Waals surface area contributed by atoms with Crippen LogP contribution >= 0.6 is 0 Å². The maximum atomic E-state index is 12.5. The predicted molar refractivity (Wildman–Crippen MR) is 81.2 cm³/mol. The van der Waals surface area contributed by atoms with E-state index in [1.54, 1.807) is 26.1 Å². The molecule has 122 valence electrons. The van der Waals surface area contributed by atoms with Crippen molar-refractivity contribution in [3.8, 4) is 0 Å². The van der Waals surface area contributed by atoms with Crippen molar-refractivity contribution in [1.29, 1.82) is 0 Å². The van der Waals surface area contributed by atoms with Crippen molar-refractivity contribution >= 4 is 17.5 Å². The van der Waals surface area contributed by atoms with Gasteiger partial charge in [-0.1, -0.05) is 0 Å². The van der Waals surface area contributed by atoms with Crippen LogP contribution in [0.2, 0.25) is 0 Å². The van der Waals surface area contributed by atoms with Gasteiger partial charge in [0, 0.05) is 36.6 Å². The summed E-state index contributed by atoms with van der Waals surface area (Å²) < 4.78 is 1.29. The van der Waals surface area contributed by atoms with E-state index >= 15 is 0 Å². The molecule has 0 bridgehead atoms. The zero-order valence-electron chi connectivity index (χ0n) is 13.0. The second kappa shape index (κ2) is 5.22. The number of fused-ring (bicyclic) bond motifs is 1. The van der Waals surface area contributed by atoms with Crippen LogP contribution in [-0.4, -0.2) is 49.6 Å². The third kappa shape index (κ3) is 2.49. The second-order valence-corrected chi connectivity index (χ2v) is 6.24. The number of carboxylic acid groups (broad SMARTS) is 1. The summed E-state index contributed by atoms with van der Waals surface area (Å²) in [6.07, 6.45) is 1.95. The highest BCUT2D eigenvalue weighted by Crippen LogP contribution is 2.30. The van der Waals surface area contributed by atoms with Gasteiger partial charge in [-0.05, 0) is 20.3 Å². The van der Waals surface area contributed by atoms with Crippen LogP contribution < -0.4 is 5.56 Å². The summed E-state index contributed by atoms with van der Waals surface area (Å²) in [7, 11) is 0. The monoisotopic (exact) mass is 318 g/mol. The number of carboxylic acids is 1. The van der Waals surface area contributed by atoms with Crippen LogP contribution in [0.25, 0.3) is 5.65 Å². The van der Waals surface area contributed by atoms with Crippen molar-refractivity contribution in [3.05, 3.63) is 33.9 Å². The fraction of sp³-hybridized carbons (Fsp3) is 0.467. The minimum absolute atomic E-state index is 0.0741. The van der Waals surface area contributed by atoms with E-state index in [9.17, 15) is 19.5 Å². The van der Waals surface area contributed by atoms with Crippen LogP contribution in [0.1, 0.15) is 24.6 Å². The largest absolute Gasteiger partial charge is 0.481 e. The molecule has 1 unspecified atom stereocenters. The summed E-state index contributed by atoms with van der Waals surface area (Å²) >= 11 is 0. The molecule has 0 aromatic carbocycles. The van der Waals surface area contributed by atoms with Crippen molar-refractivity contribution in [2.75, 3.05) is 13.1 Å². The summed E-state index contributed by atoms with van der Waals surface area (Å²) in [6.45, 7) is 3.89. The van der Waals surface area contributed by atoms with Gasteiger partial charge < -0.3 is 10.0 Å². The summed E-state index contributed by atoms with van der Waals surface area (Å²) in [6, 6.07) is 1.68. The molecule has 2 N–H and O–H groups in total. The quantitative estimate of drug-likeness (QED) is 0.840. The Hall–Kier alpha value is -2.64.